The van der Waals surface area contributed by atoms with Crippen molar-refractivity contribution in [3.63, 3.8) is 0 Å². The second kappa shape index (κ2) is 9.84. The van der Waals surface area contributed by atoms with Gasteiger partial charge in [-0.3, -0.25) is 19.2 Å². The number of halogens is 1. The molecule has 2 aromatic rings. The first-order valence-corrected chi connectivity index (χ1v) is 10.5. The van der Waals surface area contributed by atoms with E-state index in [4.69, 9.17) is 21.4 Å². The molecule has 3 amide bonds. The third-order valence-electron chi connectivity index (χ3n) is 4.48. The van der Waals surface area contributed by atoms with Gasteiger partial charge in [-0.15, -0.1) is 11.8 Å². The molecule has 31 heavy (non-hydrogen) atoms. The summed E-state index contributed by atoms with van der Waals surface area (Å²) < 4.78 is 5.10. The van der Waals surface area contributed by atoms with Crippen LogP contribution in [0.25, 0.3) is 0 Å². The zero-order valence-corrected chi connectivity index (χ0v) is 18.0. The maximum Gasteiger partial charge on any atom is 0.303 e. The van der Waals surface area contributed by atoms with Crippen molar-refractivity contribution in [3.8, 4) is 5.75 Å². The molecule has 1 aliphatic heterocycles. The number of nitrogens with zero attached hydrogens (tertiary/aromatic N) is 1. The standard InChI is InChI=1S/C21H19ClN2O6S/c1-30-16-7-4-13(10-15(16)22)24-19(26)11-17(21(24)29)31-14-5-2-12(3-6-14)23-18(25)8-9-20(27)28/h2-7,10,17H,8-9,11H2,1H3,(H,23,25)(H,27,28)/t17-/m0/s1. The van der Waals surface area contributed by atoms with E-state index in [9.17, 15) is 19.2 Å². The molecule has 1 heterocycles. The molecule has 0 radical (unpaired) electrons. The number of carboxylic acids is 1. The second-order valence-electron chi connectivity index (χ2n) is 6.66. The van der Waals surface area contributed by atoms with Crippen LogP contribution in [0, 0.1) is 0 Å². The summed E-state index contributed by atoms with van der Waals surface area (Å²) in [4.78, 5) is 49.4. The number of nitrogens with one attached hydrogen (secondary N) is 1. The van der Waals surface area contributed by atoms with Crippen LogP contribution in [0.4, 0.5) is 11.4 Å². The number of aliphatic carboxylic acids is 1. The number of rotatable bonds is 8. The highest BCUT2D eigenvalue weighted by Crippen LogP contribution is 2.36. The van der Waals surface area contributed by atoms with Crippen molar-refractivity contribution in [3.05, 3.63) is 47.5 Å². The molecule has 2 N–H and O–H groups in total. The van der Waals surface area contributed by atoms with Crippen LogP contribution in [0.2, 0.25) is 5.02 Å². The van der Waals surface area contributed by atoms with Crippen molar-refractivity contribution in [2.75, 3.05) is 17.3 Å². The molecule has 8 nitrogen and oxygen atoms in total. The summed E-state index contributed by atoms with van der Waals surface area (Å²) in [6.45, 7) is 0. The van der Waals surface area contributed by atoms with Gasteiger partial charge in [0, 0.05) is 23.4 Å². The van der Waals surface area contributed by atoms with Gasteiger partial charge in [-0.05, 0) is 42.5 Å². The highest BCUT2D eigenvalue weighted by molar-refractivity contribution is 8.00. The summed E-state index contributed by atoms with van der Waals surface area (Å²) >= 11 is 7.37. The molecule has 0 bridgehead atoms. The van der Waals surface area contributed by atoms with Crippen molar-refractivity contribution < 1.29 is 29.0 Å². The Kier molecular flexibility index (Phi) is 7.19. The van der Waals surface area contributed by atoms with Gasteiger partial charge >= 0.3 is 5.97 Å². The number of hydrogen-bond acceptors (Lipinski definition) is 6. The first-order valence-electron chi connectivity index (χ1n) is 9.27. The Morgan fingerprint density at radius 3 is 2.52 bits per heavy atom. The van der Waals surface area contributed by atoms with E-state index in [0.29, 0.717) is 22.1 Å². The number of ether oxygens (including phenoxy) is 1. The van der Waals surface area contributed by atoms with Gasteiger partial charge in [-0.1, -0.05) is 11.6 Å². The number of hydrogen-bond donors (Lipinski definition) is 2. The predicted molar refractivity (Wildman–Crippen MR) is 117 cm³/mol. The quantitative estimate of drug-likeness (QED) is 0.576. The molecule has 0 aromatic heterocycles. The zero-order chi connectivity index (χ0) is 22.5. The lowest BCUT2D eigenvalue weighted by Crippen LogP contribution is -2.31. The average molecular weight is 463 g/mol. The molecule has 3 rings (SSSR count). The van der Waals surface area contributed by atoms with E-state index < -0.39 is 17.1 Å². The lowest BCUT2D eigenvalue weighted by molar-refractivity contribution is -0.138. The van der Waals surface area contributed by atoms with E-state index in [1.807, 2.05) is 0 Å². The number of benzene rings is 2. The summed E-state index contributed by atoms with van der Waals surface area (Å²) in [6.07, 6.45) is -0.302. The van der Waals surface area contributed by atoms with Crippen LogP contribution in [-0.2, 0) is 19.2 Å². The highest BCUT2D eigenvalue weighted by atomic mass is 35.5. The van der Waals surface area contributed by atoms with Crippen molar-refractivity contribution >= 4 is 58.4 Å². The van der Waals surface area contributed by atoms with Gasteiger partial charge in [-0.2, -0.15) is 0 Å². The zero-order valence-electron chi connectivity index (χ0n) is 16.5. The lowest BCUT2D eigenvalue weighted by Gasteiger charge is -2.16. The van der Waals surface area contributed by atoms with Gasteiger partial charge < -0.3 is 15.2 Å². The first kappa shape index (κ1) is 22.6. The van der Waals surface area contributed by atoms with Crippen LogP contribution in [0.15, 0.2) is 47.4 Å². The number of anilines is 2. The summed E-state index contributed by atoms with van der Waals surface area (Å²) in [5.74, 6) is -1.63. The minimum absolute atomic E-state index is 0.0564. The van der Waals surface area contributed by atoms with E-state index in [-0.39, 0.29) is 31.1 Å². The van der Waals surface area contributed by atoms with E-state index in [1.165, 1.54) is 24.9 Å². The average Bonchev–Trinajstić information content (AvgIpc) is 3.00. The molecule has 1 fully saturated rings. The van der Waals surface area contributed by atoms with Crippen LogP contribution in [0.3, 0.4) is 0 Å². The van der Waals surface area contributed by atoms with Gasteiger partial charge in [0.1, 0.15) is 5.75 Å². The number of methoxy groups -OCH3 is 1. The Hall–Kier alpha value is -3.04. The minimum Gasteiger partial charge on any atom is -0.495 e. The Labute approximate surface area is 187 Å². The molecule has 0 unspecified atom stereocenters. The van der Waals surface area contributed by atoms with Crippen LogP contribution < -0.4 is 15.0 Å². The van der Waals surface area contributed by atoms with Crippen LogP contribution in [0.1, 0.15) is 19.3 Å². The Balaban J connectivity index is 1.63. The van der Waals surface area contributed by atoms with Gasteiger partial charge in [0.25, 0.3) is 0 Å². The van der Waals surface area contributed by atoms with Gasteiger partial charge in [-0.25, -0.2) is 4.90 Å². The number of carbonyl (C=O) groups excluding carboxylic acids is 3. The molecular weight excluding hydrogens is 444 g/mol. The smallest absolute Gasteiger partial charge is 0.303 e. The summed E-state index contributed by atoms with van der Waals surface area (Å²) in [7, 11) is 1.48. The third kappa shape index (κ3) is 5.56. The number of thioether (sulfide) groups is 1. The normalized spacial score (nSPS) is 15.8. The molecule has 0 saturated carbocycles. The molecule has 0 spiro atoms. The molecular formula is C21H19ClN2O6S. The topological polar surface area (TPSA) is 113 Å². The minimum atomic E-state index is -1.04. The largest absolute Gasteiger partial charge is 0.495 e. The molecule has 1 atom stereocenters. The van der Waals surface area contributed by atoms with Crippen molar-refractivity contribution in [2.45, 2.75) is 29.4 Å². The van der Waals surface area contributed by atoms with Crippen LogP contribution >= 0.6 is 23.4 Å². The monoisotopic (exact) mass is 462 g/mol. The fourth-order valence-electron chi connectivity index (χ4n) is 2.99. The van der Waals surface area contributed by atoms with E-state index in [1.54, 1.807) is 36.4 Å². The highest BCUT2D eigenvalue weighted by Gasteiger charge is 2.40. The van der Waals surface area contributed by atoms with Gasteiger partial charge in [0.2, 0.25) is 17.7 Å². The Bertz CT molecular complexity index is 1030. The molecule has 162 valence electrons. The summed E-state index contributed by atoms with van der Waals surface area (Å²) in [6, 6.07) is 11.5. The summed E-state index contributed by atoms with van der Waals surface area (Å²) in [5.41, 5.74) is 0.909. The van der Waals surface area contributed by atoms with E-state index >= 15 is 0 Å². The van der Waals surface area contributed by atoms with Crippen molar-refractivity contribution in [1.82, 2.24) is 0 Å². The fourth-order valence-corrected chi connectivity index (χ4v) is 4.29. The predicted octanol–water partition coefficient (Wildman–Crippen LogP) is 3.58. The third-order valence-corrected chi connectivity index (χ3v) is 5.97. The van der Waals surface area contributed by atoms with Crippen LogP contribution in [0.5, 0.6) is 5.75 Å². The Morgan fingerprint density at radius 1 is 1.19 bits per heavy atom. The first-order chi connectivity index (χ1) is 14.8. The van der Waals surface area contributed by atoms with Gasteiger partial charge in [0.15, 0.2) is 0 Å². The molecule has 2 aromatic carbocycles. The molecule has 10 heteroatoms. The Morgan fingerprint density at radius 2 is 1.90 bits per heavy atom. The number of amides is 3. The maximum absolute atomic E-state index is 12.8. The molecule has 1 aliphatic rings. The van der Waals surface area contributed by atoms with Gasteiger partial charge in [0.05, 0.1) is 29.5 Å². The SMILES string of the molecule is COc1ccc(N2C(=O)C[C@H](Sc3ccc(NC(=O)CCC(=O)O)cc3)C2=O)cc1Cl. The van der Waals surface area contributed by atoms with Crippen LogP contribution in [-0.4, -0.2) is 41.2 Å². The summed E-state index contributed by atoms with van der Waals surface area (Å²) in [5, 5.41) is 11.0. The van der Waals surface area contributed by atoms with E-state index in [2.05, 4.69) is 5.32 Å². The van der Waals surface area contributed by atoms with Crippen molar-refractivity contribution in [1.29, 1.82) is 0 Å². The number of carbonyl (C=O) groups is 4. The number of carboxylic acid groups (broad SMARTS) is 1. The maximum atomic E-state index is 12.8. The fraction of sp³-hybridized carbons (Fsp3) is 0.238. The second-order valence-corrected chi connectivity index (χ2v) is 8.35. The van der Waals surface area contributed by atoms with E-state index in [0.717, 1.165) is 9.80 Å². The van der Waals surface area contributed by atoms with Crippen molar-refractivity contribution in [2.24, 2.45) is 0 Å². The lowest BCUT2D eigenvalue weighted by atomic mass is 10.2. The molecule has 1 saturated heterocycles. The number of imide groups is 1. The molecule has 0 aliphatic carbocycles.